The van der Waals surface area contributed by atoms with E-state index in [4.69, 9.17) is 14.2 Å². The highest BCUT2D eigenvalue weighted by Gasteiger charge is 2.34. The number of hydrogen-bond acceptors (Lipinski definition) is 5. The van der Waals surface area contributed by atoms with Crippen molar-refractivity contribution in [1.82, 2.24) is 4.90 Å². The third-order valence-corrected chi connectivity index (χ3v) is 5.32. The van der Waals surface area contributed by atoms with Gasteiger partial charge in [0.2, 0.25) is 11.8 Å². The van der Waals surface area contributed by atoms with Gasteiger partial charge in [-0.25, -0.2) is 0 Å². The Morgan fingerprint density at radius 2 is 1.73 bits per heavy atom. The van der Waals surface area contributed by atoms with Gasteiger partial charge in [0.05, 0.1) is 32.9 Å². The largest absolute Gasteiger partial charge is 0.495 e. The summed E-state index contributed by atoms with van der Waals surface area (Å²) in [5, 5.41) is 2.91. The number of nitrogens with zero attached hydrogens (tertiary/aromatic N) is 1. The molecule has 0 spiro atoms. The molecule has 1 heterocycles. The first-order valence-corrected chi connectivity index (χ1v) is 9.89. The SMILES string of the molecule is COc1ccc(C)cc1NC(=O)[C@H]1CC(=O)N(CCc2ccc(OC)c(OC)c2)C1. The van der Waals surface area contributed by atoms with Crippen molar-refractivity contribution >= 4 is 17.5 Å². The van der Waals surface area contributed by atoms with E-state index in [0.29, 0.717) is 42.4 Å². The molecule has 2 aromatic rings. The molecule has 0 radical (unpaired) electrons. The summed E-state index contributed by atoms with van der Waals surface area (Å²) in [5.74, 6) is 1.37. The molecule has 1 fully saturated rings. The molecule has 0 bridgehead atoms. The molecular formula is C23H28N2O5. The van der Waals surface area contributed by atoms with Crippen LogP contribution in [0.15, 0.2) is 36.4 Å². The van der Waals surface area contributed by atoms with Crippen molar-refractivity contribution < 1.29 is 23.8 Å². The van der Waals surface area contributed by atoms with E-state index in [1.807, 2.05) is 43.3 Å². The van der Waals surface area contributed by atoms with Gasteiger partial charge in [-0.1, -0.05) is 12.1 Å². The first-order chi connectivity index (χ1) is 14.4. The molecular weight excluding hydrogens is 384 g/mol. The molecule has 7 heteroatoms. The van der Waals surface area contributed by atoms with Crippen molar-refractivity contribution in [3.8, 4) is 17.2 Å². The fourth-order valence-electron chi connectivity index (χ4n) is 3.62. The fourth-order valence-corrected chi connectivity index (χ4v) is 3.62. The molecule has 7 nitrogen and oxygen atoms in total. The van der Waals surface area contributed by atoms with Crippen molar-refractivity contribution in [3.63, 3.8) is 0 Å². The molecule has 1 aliphatic rings. The zero-order valence-corrected chi connectivity index (χ0v) is 17.9. The van der Waals surface area contributed by atoms with Crippen molar-refractivity contribution in [2.75, 3.05) is 39.7 Å². The summed E-state index contributed by atoms with van der Waals surface area (Å²) < 4.78 is 15.9. The number of hydrogen-bond donors (Lipinski definition) is 1. The quantitative estimate of drug-likeness (QED) is 0.721. The molecule has 30 heavy (non-hydrogen) atoms. The van der Waals surface area contributed by atoms with Crippen LogP contribution in [0.5, 0.6) is 17.2 Å². The standard InChI is InChI=1S/C23H28N2O5/c1-15-5-7-19(28-2)18(11-15)24-23(27)17-13-22(26)25(14-17)10-9-16-6-8-20(29-3)21(12-16)30-4/h5-8,11-12,17H,9-10,13-14H2,1-4H3,(H,24,27)/t17-/m0/s1. The number of carbonyl (C=O) groups is 2. The highest BCUT2D eigenvalue weighted by Crippen LogP contribution is 2.29. The van der Waals surface area contributed by atoms with Crippen molar-refractivity contribution in [1.29, 1.82) is 0 Å². The predicted octanol–water partition coefficient (Wildman–Crippen LogP) is 3.05. The van der Waals surface area contributed by atoms with Crippen LogP contribution < -0.4 is 19.5 Å². The summed E-state index contributed by atoms with van der Waals surface area (Å²) in [7, 11) is 4.76. The molecule has 1 aliphatic heterocycles. The van der Waals surface area contributed by atoms with Crippen LogP contribution in [0, 0.1) is 12.8 Å². The molecule has 1 atom stereocenters. The lowest BCUT2D eigenvalue weighted by Crippen LogP contribution is -2.30. The monoisotopic (exact) mass is 412 g/mol. The van der Waals surface area contributed by atoms with E-state index < -0.39 is 0 Å². The number of anilines is 1. The second kappa shape index (κ2) is 9.52. The number of benzene rings is 2. The van der Waals surface area contributed by atoms with E-state index in [-0.39, 0.29) is 24.2 Å². The minimum Gasteiger partial charge on any atom is -0.495 e. The summed E-state index contributed by atoms with van der Waals surface area (Å²) in [5.41, 5.74) is 2.68. The smallest absolute Gasteiger partial charge is 0.229 e. The van der Waals surface area contributed by atoms with Gasteiger partial charge in [0, 0.05) is 19.5 Å². The van der Waals surface area contributed by atoms with Crippen molar-refractivity contribution in [2.45, 2.75) is 19.8 Å². The maximum Gasteiger partial charge on any atom is 0.229 e. The van der Waals surface area contributed by atoms with Gasteiger partial charge >= 0.3 is 0 Å². The number of carbonyl (C=O) groups excluding carboxylic acids is 2. The van der Waals surface area contributed by atoms with E-state index in [0.717, 1.165) is 11.1 Å². The molecule has 1 saturated heterocycles. The zero-order chi connectivity index (χ0) is 21.7. The van der Waals surface area contributed by atoms with Gasteiger partial charge in [-0.05, 0) is 48.7 Å². The van der Waals surface area contributed by atoms with Crippen molar-refractivity contribution in [3.05, 3.63) is 47.5 Å². The second-order valence-electron chi connectivity index (χ2n) is 7.37. The molecule has 2 amide bonds. The summed E-state index contributed by atoms with van der Waals surface area (Å²) in [6, 6.07) is 11.3. The van der Waals surface area contributed by atoms with Crippen LogP contribution in [0.1, 0.15) is 17.5 Å². The summed E-state index contributed by atoms with van der Waals surface area (Å²) in [6.45, 7) is 2.90. The molecule has 0 aromatic heterocycles. The van der Waals surface area contributed by atoms with Crippen LogP contribution in [0.2, 0.25) is 0 Å². The van der Waals surface area contributed by atoms with Crippen LogP contribution >= 0.6 is 0 Å². The number of amides is 2. The topological polar surface area (TPSA) is 77.1 Å². The Morgan fingerprint density at radius 3 is 2.43 bits per heavy atom. The number of methoxy groups -OCH3 is 3. The number of likely N-dealkylation sites (tertiary alicyclic amines) is 1. The summed E-state index contributed by atoms with van der Waals surface area (Å²) in [4.78, 5) is 26.9. The lowest BCUT2D eigenvalue weighted by molar-refractivity contribution is -0.128. The van der Waals surface area contributed by atoms with E-state index in [9.17, 15) is 9.59 Å². The van der Waals surface area contributed by atoms with E-state index in [2.05, 4.69) is 5.32 Å². The summed E-state index contributed by atoms with van der Waals surface area (Å²) >= 11 is 0. The molecule has 3 rings (SSSR count). The Labute approximate surface area is 176 Å². The third kappa shape index (κ3) is 4.84. The van der Waals surface area contributed by atoms with Crippen LogP contribution in [0.25, 0.3) is 0 Å². The molecule has 0 unspecified atom stereocenters. The number of aryl methyl sites for hydroxylation is 1. The normalized spacial score (nSPS) is 15.8. The van der Waals surface area contributed by atoms with Gasteiger partial charge in [-0.15, -0.1) is 0 Å². The Morgan fingerprint density at radius 1 is 1.03 bits per heavy atom. The van der Waals surface area contributed by atoms with Crippen LogP contribution in [0.3, 0.4) is 0 Å². The van der Waals surface area contributed by atoms with Crippen LogP contribution in [0.4, 0.5) is 5.69 Å². The minimum absolute atomic E-state index is 0.00756. The molecule has 160 valence electrons. The molecule has 2 aromatic carbocycles. The fraction of sp³-hybridized carbons (Fsp3) is 0.391. The van der Waals surface area contributed by atoms with Gasteiger partial charge in [0.1, 0.15) is 5.75 Å². The zero-order valence-electron chi connectivity index (χ0n) is 17.9. The summed E-state index contributed by atoms with van der Waals surface area (Å²) in [6.07, 6.45) is 0.887. The Kier molecular flexibility index (Phi) is 6.82. The maximum atomic E-state index is 12.7. The van der Waals surface area contributed by atoms with E-state index >= 15 is 0 Å². The average Bonchev–Trinajstić information content (AvgIpc) is 3.13. The Hall–Kier alpha value is -3.22. The predicted molar refractivity (Wildman–Crippen MR) is 114 cm³/mol. The van der Waals surface area contributed by atoms with Gasteiger partial charge < -0.3 is 24.4 Å². The minimum atomic E-state index is -0.381. The molecule has 0 saturated carbocycles. The lowest BCUT2D eigenvalue weighted by Gasteiger charge is -2.17. The van der Waals surface area contributed by atoms with Gasteiger partial charge in [0.15, 0.2) is 11.5 Å². The van der Waals surface area contributed by atoms with Gasteiger partial charge in [-0.2, -0.15) is 0 Å². The van der Waals surface area contributed by atoms with Gasteiger partial charge in [0.25, 0.3) is 0 Å². The molecule has 0 aliphatic carbocycles. The van der Waals surface area contributed by atoms with Crippen molar-refractivity contribution in [2.24, 2.45) is 5.92 Å². The highest BCUT2D eigenvalue weighted by atomic mass is 16.5. The highest BCUT2D eigenvalue weighted by molar-refractivity contribution is 5.98. The van der Waals surface area contributed by atoms with E-state index in [1.54, 1.807) is 26.2 Å². The Bertz CT molecular complexity index is 928. The number of rotatable bonds is 8. The number of nitrogens with one attached hydrogen (secondary N) is 1. The second-order valence-corrected chi connectivity index (χ2v) is 7.37. The maximum absolute atomic E-state index is 12.7. The lowest BCUT2D eigenvalue weighted by atomic mass is 10.1. The Balaban J connectivity index is 1.60. The number of ether oxygens (including phenoxy) is 3. The first-order valence-electron chi connectivity index (χ1n) is 9.89. The first kappa shape index (κ1) is 21.5. The molecule has 1 N–H and O–H groups in total. The van der Waals surface area contributed by atoms with Crippen LogP contribution in [-0.4, -0.2) is 51.1 Å². The van der Waals surface area contributed by atoms with E-state index in [1.165, 1.54) is 0 Å². The average molecular weight is 412 g/mol. The third-order valence-electron chi connectivity index (χ3n) is 5.32. The van der Waals surface area contributed by atoms with Gasteiger partial charge in [-0.3, -0.25) is 9.59 Å². The van der Waals surface area contributed by atoms with Crippen LogP contribution in [-0.2, 0) is 16.0 Å².